The lowest BCUT2D eigenvalue weighted by atomic mass is 10.1. The van der Waals surface area contributed by atoms with Crippen molar-refractivity contribution in [2.24, 2.45) is 0 Å². The summed E-state index contributed by atoms with van der Waals surface area (Å²) in [7, 11) is 3.09. The van der Waals surface area contributed by atoms with Crippen molar-refractivity contribution in [1.29, 1.82) is 0 Å². The second-order valence-corrected chi connectivity index (χ2v) is 6.01. The summed E-state index contributed by atoms with van der Waals surface area (Å²) in [4.78, 5) is 29.2. The van der Waals surface area contributed by atoms with Crippen molar-refractivity contribution < 1.29 is 14.3 Å². The van der Waals surface area contributed by atoms with Crippen molar-refractivity contribution >= 4 is 22.6 Å². The molecule has 7 nitrogen and oxygen atoms in total. The van der Waals surface area contributed by atoms with E-state index in [1.165, 1.54) is 0 Å². The predicted octanol–water partition coefficient (Wildman–Crippen LogP) is 2.99. The normalized spacial score (nSPS) is 10.7. The first-order valence-electron chi connectivity index (χ1n) is 8.52. The van der Waals surface area contributed by atoms with E-state index >= 15 is 0 Å². The van der Waals surface area contributed by atoms with E-state index in [2.05, 4.69) is 10.3 Å². The van der Waals surface area contributed by atoms with Gasteiger partial charge in [0.25, 0.3) is 11.5 Å². The molecule has 140 valence electrons. The number of nitrogens with zero attached hydrogens (tertiary/aromatic N) is 2. The van der Waals surface area contributed by atoms with Crippen molar-refractivity contribution in [3.63, 3.8) is 0 Å². The fraction of sp³-hybridized carbons (Fsp3) is 0.250. The number of fused-ring (bicyclic) bond motifs is 1. The van der Waals surface area contributed by atoms with E-state index in [9.17, 15) is 9.59 Å². The maximum Gasteiger partial charge on any atom is 0.272 e. The van der Waals surface area contributed by atoms with E-state index in [4.69, 9.17) is 9.47 Å². The molecule has 0 aliphatic rings. The van der Waals surface area contributed by atoms with Gasteiger partial charge in [0, 0.05) is 36.0 Å². The molecular weight excluding hydrogens is 346 g/mol. The smallest absolute Gasteiger partial charge is 0.272 e. The zero-order valence-electron chi connectivity index (χ0n) is 15.7. The van der Waals surface area contributed by atoms with E-state index in [0.29, 0.717) is 46.0 Å². The van der Waals surface area contributed by atoms with Crippen LogP contribution in [0.5, 0.6) is 11.5 Å². The van der Waals surface area contributed by atoms with Gasteiger partial charge in [0.05, 0.1) is 25.3 Å². The second-order valence-electron chi connectivity index (χ2n) is 6.01. The van der Waals surface area contributed by atoms with Gasteiger partial charge >= 0.3 is 0 Å². The Morgan fingerprint density at radius 2 is 1.78 bits per heavy atom. The fourth-order valence-electron chi connectivity index (χ4n) is 2.91. The third-order valence-corrected chi connectivity index (χ3v) is 4.30. The van der Waals surface area contributed by atoms with Crippen LogP contribution < -0.4 is 20.3 Å². The first-order valence-corrected chi connectivity index (χ1v) is 8.52. The van der Waals surface area contributed by atoms with Crippen LogP contribution in [0.25, 0.3) is 11.0 Å². The molecule has 0 bridgehead atoms. The third-order valence-electron chi connectivity index (χ3n) is 4.30. The molecule has 1 amide bonds. The summed E-state index contributed by atoms with van der Waals surface area (Å²) in [6.07, 6.45) is 0. The molecule has 3 rings (SSSR count). The van der Waals surface area contributed by atoms with Gasteiger partial charge < -0.3 is 19.4 Å². The summed E-state index contributed by atoms with van der Waals surface area (Å²) in [6.45, 7) is 4.11. The van der Waals surface area contributed by atoms with E-state index in [0.717, 1.165) is 0 Å². The highest BCUT2D eigenvalue weighted by atomic mass is 16.5. The van der Waals surface area contributed by atoms with Crippen molar-refractivity contribution in [2.45, 2.75) is 20.4 Å². The standard InChI is InChI=1S/C20H21N3O4/c1-5-23-18-7-6-13(8-17(18)21-12(2)20(23)25)19(24)22-14-9-15(26-3)11-16(10-14)27-4/h6-11H,5H2,1-4H3,(H,22,24). The van der Waals surface area contributed by atoms with Crippen LogP contribution in [0.2, 0.25) is 0 Å². The first kappa shape index (κ1) is 18.4. The van der Waals surface area contributed by atoms with Gasteiger partial charge in [-0.15, -0.1) is 0 Å². The lowest BCUT2D eigenvalue weighted by molar-refractivity contribution is 0.102. The summed E-state index contributed by atoms with van der Waals surface area (Å²) in [5, 5.41) is 2.83. The Morgan fingerprint density at radius 1 is 1.11 bits per heavy atom. The predicted molar refractivity (Wildman–Crippen MR) is 104 cm³/mol. The Hall–Kier alpha value is -3.35. The largest absolute Gasteiger partial charge is 0.497 e. The van der Waals surface area contributed by atoms with Gasteiger partial charge in [0.2, 0.25) is 0 Å². The number of amides is 1. The molecular formula is C20H21N3O4. The molecule has 0 radical (unpaired) electrons. The highest BCUT2D eigenvalue weighted by Gasteiger charge is 2.12. The number of rotatable bonds is 5. The molecule has 0 unspecified atom stereocenters. The van der Waals surface area contributed by atoms with Crippen molar-refractivity contribution in [2.75, 3.05) is 19.5 Å². The molecule has 0 saturated carbocycles. The van der Waals surface area contributed by atoms with Crippen LogP contribution in [0.15, 0.2) is 41.2 Å². The monoisotopic (exact) mass is 367 g/mol. The van der Waals surface area contributed by atoms with E-state index in [1.807, 2.05) is 6.92 Å². The Bertz CT molecular complexity index is 1050. The van der Waals surface area contributed by atoms with Gasteiger partial charge in [0.15, 0.2) is 0 Å². The highest BCUT2D eigenvalue weighted by Crippen LogP contribution is 2.26. The second kappa shape index (κ2) is 7.49. The highest BCUT2D eigenvalue weighted by molar-refractivity contribution is 6.06. The minimum Gasteiger partial charge on any atom is -0.497 e. The third kappa shape index (κ3) is 3.62. The number of ether oxygens (including phenoxy) is 2. The molecule has 7 heteroatoms. The molecule has 0 fully saturated rings. The summed E-state index contributed by atoms with van der Waals surface area (Å²) in [6, 6.07) is 10.2. The van der Waals surface area contributed by atoms with E-state index in [-0.39, 0.29) is 11.5 Å². The molecule has 2 aromatic carbocycles. The molecule has 1 N–H and O–H groups in total. The number of methoxy groups -OCH3 is 2. The lowest BCUT2D eigenvalue weighted by Crippen LogP contribution is -2.23. The van der Waals surface area contributed by atoms with Crippen molar-refractivity contribution in [3.8, 4) is 11.5 Å². The number of hydrogen-bond donors (Lipinski definition) is 1. The zero-order chi connectivity index (χ0) is 19.6. The van der Waals surface area contributed by atoms with Gasteiger partial charge in [-0.2, -0.15) is 0 Å². The Balaban J connectivity index is 1.97. The van der Waals surface area contributed by atoms with Gasteiger partial charge in [-0.3, -0.25) is 9.59 Å². The SMILES string of the molecule is CCn1c(=O)c(C)nc2cc(C(=O)Nc3cc(OC)cc(OC)c3)ccc21. The van der Waals surface area contributed by atoms with Crippen LogP contribution in [0, 0.1) is 6.92 Å². The number of benzene rings is 2. The Kier molecular flexibility index (Phi) is 5.12. The van der Waals surface area contributed by atoms with Crippen LogP contribution in [0.1, 0.15) is 23.0 Å². The Morgan fingerprint density at radius 3 is 2.37 bits per heavy atom. The van der Waals surface area contributed by atoms with Crippen LogP contribution in [0.3, 0.4) is 0 Å². The molecule has 1 aromatic heterocycles. The Labute approximate surface area is 156 Å². The zero-order valence-corrected chi connectivity index (χ0v) is 15.7. The van der Waals surface area contributed by atoms with Crippen molar-refractivity contribution in [1.82, 2.24) is 9.55 Å². The van der Waals surface area contributed by atoms with Crippen LogP contribution in [-0.4, -0.2) is 29.7 Å². The quantitative estimate of drug-likeness (QED) is 0.750. The molecule has 0 spiro atoms. The van der Waals surface area contributed by atoms with Gasteiger partial charge in [-0.25, -0.2) is 4.98 Å². The molecule has 27 heavy (non-hydrogen) atoms. The lowest BCUT2D eigenvalue weighted by Gasteiger charge is -2.12. The number of aromatic nitrogens is 2. The number of carbonyl (C=O) groups excluding carboxylic acids is 1. The van der Waals surface area contributed by atoms with Crippen LogP contribution >= 0.6 is 0 Å². The number of hydrogen-bond acceptors (Lipinski definition) is 5. The van der Waals surface area contributed by atoms with Gasteiger partial charge in [-0.1, -0.05) is 0 Å². The molecule has 0 aliphatic heterocycles. The van der Waals surface area contributed by atoms with E-state index in [1.54, 1.807) is 62.1 Å². The van der Waals surface area contributed by atoms with E-state index < -0.39 is 0 Å². The summed E-state index contributed by atoms with van der Waals surface area (Å²) >= 11 is 0. The molecule has 1 heterocycles. The maximum atomic E-state index is 12.7. The molecule has 0 saturated heterocycles. The number of anilines is 1. The topological polar surface area (TPSA) is 82.5 Å². The molecule has 3 aromatic rings. The molecule has 0 atom stereocenters. The average Bonchev–Trinajstić information content (AvgIpc) is 2.68. The van der Waals surface area contributed by atoms with Crippen LogP contribution in [-0.2, 0) is 6.54 Å². The van der Waals surface area contributed by atoms with Crippen LogP contribution in [0.4, 0.5) is 5.69 Å². The number of carbonyl (C=O) groups is 1. The number of aryl methyl sites for hydroxylation is 2. The minimum absolute atomic E-state index is 0.120. The van der Waals surface area contributed by atoms with Gasteiger partial charge in [-0.05, 0) is 32.0 Å². The minimum atomic E-state index is -0.291. The molecule has 0 aliphatic carbocycles. The summed E-state index contributed by atoms with van der Waals surface area (Å²) in [5.41, 5.74) is 2.58. The number of nitrogens with one attached hydrogen (secondary N) is 1. The first-order chi connectivity index (χ1) is 13.0. The maximum absolute atomic E-state index is 12.7. The fourth-order valence-corrected chi connectivity index (χ4v) is 2.91. The van der Waals surface area contributed by atoms with Gasteiger partial charge in [0.1, 0.15) is 17.2 Å². The summed E-state index contributed by atoms with van der Waals surface area (Å²) in [5.74, 6) is 0.862. The van der Waals surface area contributed by atoms with Crippen molar-refractivity contribution in [3.05, 3.63) is 58.0 Å². The average molecular weight is 367 g/mol. The summed E-state index contributed by atoms with van der Waals surface area (Å²) < 4.78 is 12.1.